The van der Waals surface area contributed by atoms with Crippen molar-refractivity contribution in [1.29, 1.82) is 0 Å². The first-order valence-electron chi connectivity index (χ1n) is 4.13. The van der Waals surface area contributed by atoms with E-state index in [1.165, 1.54) is 13.2 Å². The summed E-state index contributed by atoms with van der Waals surface area (Å²) in [4.78, 5) is 0. The topological polar surface area (TPSA) is 37.9 Å². The number of H-pyrrole nitrogens is 1. The maximum atomic E-state index is 12.5. The normalized spacial score (nSPS) is 11.3. The van der Waals surface area contributed by atoms with E-state index in [0.29, 0.717) is 21.1 Å². The second-order valence-corrected chi connectivity index (χ2v) is 3.80. The average molecular weight is 277 g/mol. The monoisotopic (exact) mass is 276 g/mol. The fourth-order valence-corrected chi connectivity index (χ4v) is 1.85. The van der Waals surface area contributed by atoms with Gasteiger partial charge in [0.2, 0.25) is 0 Å². The molecule has 0 radical (unpaired) electrons. The van der Waals surface area contributed by atoms with E-state index in [1.54, 1.807) is 6.07 Å². The highest BCUT2D eigenvalue weighted by atomic mass is 79.9. The van der Waals surface area contributed by atoms with Crippen LogP contribution in [0.2, 0.25) is 0 Å². The molecule has 0 saturated carbocycles. The number of alkyl halides is 2. The average Bonchev–Trinajstić information content (AvgIpc) is 2.59. The van der Waals surface area contributed by atoms with Gasteiger partial charge in [-0.3, -0.25) is 5.10 Å². The van der Waals surface area contributed by atoms with Crippen LogP contribution in [0.5, 0.6) is 5.75 Å². The lowest BCUT2D eigenvalue weighted by Crippen LogP contribution is -1.87. The molecule has 1 heterocycles. The lowest BCUT2D eigenvalue weighted by atomic mass is 10.2. The summed E-state index contributed by atoms with van der Waals surface area (Å²) in [5.41, 5.74) is 0.300. The molecule has 3 nitrogen and oxygen atoms in total. The Hall–Kier alpha value is -1.17. The van der Waals surface area contributed by atoms with Crippen LogP contribution in [0.1, 0.15) is 12.1 Å². The number of fused-ring (bicyclic) bond motifs is 1. The third-order valence-corrected chi connectivity index (χ3v) is 2.70. The SMILES string of the molecule is COc1cc2c(C(F)F)[nH]nc2cc1Br. The number of benzene rings is 1. The molecule has 0 fully saturated rings. The standard InChI is InChI=1S/C9H7BrF2N2O/c1-15-7-2-4-6(3-5(7)10)13-14-8(4)9(11)12/h2-3,9H,1H3,(H,13,14). The summed E-state index contributed by atoms with van der Waals surface area (Å²) in [6.45, 7) is 0. The van der Waals surface area contributed by atoms with Gasteiger partial charge in [0.15, 0.2) is 0 Å². The molecule has 1 N–H and O–H groups in total. The first kappa shape index (κ1) is 10.4. The van der Waals surface area contributed by atoms with Crippen LogP contribution < -0.4 is 4.74 Å². The Kier molecular flexibility index (Phi) is 2.60. The fraction of sp³-hybridized carbons (Fsp3) is 0.222. The van der Waals surface area contributed by atoms with Gasteiger partial charge in [-0.05, 0) is 28.1 Å². The van der Waals surface area contributed by atoms with Gasteiger partial charge in [0.25, 0.3) is 6.43 Å². The lowest BCUT2D eigenvalue weighted by Gasteiger charge is -2.03. The van der Waals surface area contributed by atoms with Gasteiger partial charge in [-0.2, -0.15) is 5.10 Å². The molecule has 0 bridgehead atoms. The predicted octanol–water partition coefficient (Wildman–Crippen LogP) is 3.27. The third kappa shape index (κ3) is 1.69. The van der Waals surface area contributed by atoms with Crippen LogP contribution in [0.3, 0.4) is 0 Å². The minimum atomic E-state index is -2.57. The highest BCUT2D eigenvalue weighted by Gasteiger charge is 2.16. The number of rotatable bonds is 2. The molecule has 6 heteroatoms. The minimum Gasteiger partial charge on any atom is -0.496 e. The fourth-order valence-electron chi connectivity index (χ4n) is 1.35. The zero-order chi connectivity index (χ0) is 11.0. The maximum absolute atomic E-state index is 12.5. The number of nitrogens with one attached hydrogen (secondary N) is 1. The summed E-state index contributed by atoms with van der Waals surface area (Å²) in [7, 11) is 1.48. The van der Waals surface area contributed by atoms with Crippen molar-refractivity contribution >= 4 is 26.8 Å². The van der Waals surface area contributed by atoms with E-state index in [9.17, 15) is 8.78 Å². The second-order valence-electron chi connectivity index (χ2n) is 2.94. The van der Waals surface area contributed by atoms with Crippen LogP contribution in [0.25, 0.3) is 10.9 Å². The van der Waals surface area contributed by atoms with Crippen molar-refractivity contribution in [2.45, 2.75) is 6.43 Å². The van der Waals surface area contributed by atoms with Gasteiger partial charge >= 0.3 is 0 Å². The summed E-state index contributed by atoms with van der Waals surface area (Å²) in [6, 6.07) is 3.17. The van der Waals surface area contributed by atoms with E-state index >= 15 is 0 Å². The van der Waals surface area contributed by atoms with Crippen molar-refractivity contribution in [3.63, 3.8) is 0 Å². The molecule has 80 valence electrons. The Balaban J connectivity index is 2.69. The number of hydrogen-bond acceptors (Lipinski definition) is 2. The van der Waals surface area contributed by atoms with Crippen molar-refractivity contribution in [3.05, 3.63) is 22.3 Å². The molecule has 2 aromatic rings. The molecule has 0 saturated heterocycles. The highest BCUT2D eigenvalue weighted by Crippen LogP contribution is 2.33. The molecular weight excluding hydrogens is 270 g/mol. The van der Waals surface area contributed by atoms with E-state index in [1.807, 2.05) is 0 Å². The first-order chi connectivity index (χ1) is 7.13. The first-order valence-corrected chi connectivity index (χ1v) is 4.92. The van der Waals surface area contributed by atoms with Gasteiger partial charge in [0.1, 0.15) is 11.4 Å². The van der Waals surface area contributed by atoms with E-state index in [0.717, 1.165) is 0 Å². The molecule has 0 aliphatic carbocycles. The molecule has 0 spiro atoms. The minimum absolute atomic E-state index is 0.184. The van der Waals surface area contributed by atoms with Crippen molar-refractivity contribution in [1.82, 2.24) is 10.2 Å². The zero-order valence-electron chi connectivity index (χ0n) is 7.72. The number of ether oxygens (including phenoxy) is 1. The lowest BCUT2D eigenvalue weighted by molar-refractivity contribution is 0.147. The molecule has 15 heavy (non-hydrogen) atoms. The number of aromatic nitrogens is 2. The second kappa shape index (κ2) is 3.77. The maximum Gasteiger partial charge on any atom is 0.280 e. The van der Waals surface area contributed by atoms with E-state index in [-0.39, 0.29) is 5.69 Å². The molecule has 0 aliphatic rings. The van der Waals surface area contributed by atoms with Gasteiger partial charge in [0, 0.05) is 5.39 Å². The summed E-state index contributed by atoms with van der Waals surface area (Å²) in [5.74, 6) is 0.505. The van der Waals surface area contributed by atoms with Crippen molar-refractivity contribution in [2.24, 2.45) is 0 Å². The van der Waals surface area contributed by atoms with Crippen LogP contribution in [0.4, 0.5) is 8.78 Å². The quantitative estimate of drug-likeness (QED) is 0.914. The van der Waals surface area contributed by atoms with Crippen LogP contribution >= 0.6 is 15.9 Å². The zero-order valence-corrected chi connectivity index (χ0v) is 9.31. The predicted molar refractivity (Wildman–Crippen MR) is 55.3 cm³/mol. The molecule has 0 aliphatic heterocycles. The van der Waals surface area contributed by atoms with E-state index in [2.05, 4.69) is 26.1 Å². The third-order valence-electron chi connectivity index (χ3n) is 2.08. The van der Waals surface area contributed by atoms with Gasteiger partial charge in [-0.1, -0.05) is 0 Å². The molecule has 1 aromatic carbocycles. The Labute approximate surface area is 92.6 Å². The molecular formula is C9H7BrF2N2O. The molecule has 0 atom stereocenters. The summed E-state index contributed by atoms with van der Waals surface area (Å²) in [6.07, 6.45) is -2.57. The number of hydrogen-bond donors (Lipinski definition) is 1. The summed E-state index contributed by atoms with van der Waals surface area (Å²) < 4.78 is 30.8. The van der Waals surface area contributed by atoms with Gasteiger partial charge in [0.05, 0.1) is 17.1 Å². The van der Waals surface area contributed by atoms with Crippen molar-refractivity contribution < 1.29 is 13.5 Å². The van der Waals surface area contributed by atoms with Crippen LogP contribution in [-0.2, 0) is 0 Å². The van der Waals surface area contributed by atoms with Crippen molar-refractivity contribution in [3.8, 4) is 5.75 Å². The molecule has 0 amide bonds. The van der Waals surface area contributed by atoms with E-state index < -0.39 is 6.43 Å². The summed E-state index contributed by atoms with van der Waals surface area (Å²) >= 11 is 3.26. The Morgan fingerprint density at radius 2 is 2.20 bits per heavy atom. The number of halogens is 3. The van der Waals surface area contributed by atoms with Crippen LogP contribution in [0, 0.1) is 0 Å². The largest absolute Gasteiger partial charge is 0.496 e. The Bertz CT molecular complexity index is 498. The van der Waals surface area contributed by atoms with Gasteiger partial charge in [-0.15, -0.1) is 0 Å². The Morgan fingerprint density at radius 1 is 1.47 bits per heavy atom. The number of nitrogens with zero attached hydrogens (tertiary/aromatic N) is 1. The highest BCUT2D eigenvalue weighted by molar-refractivity contribution is 9.10. The van der Waals surface area contributed by atoms with Gasteiger partial charge < -0.3 is 4.74 Å². The van der Waals surface area contributed by atoms with Gasteiger partial charge in [-0.25, -0.2) is 8.78 Å². The number of aromatic amines is 1. The van der Waals surface area contributed by atoms with Crippen molar-refractivity contribution in [2.75, 3.05) is 7.11 Å². The summed E-state index contributed by atoms with van der Waals surface area (Å²) in [5, 5.41) is 6.48. The van der Waals surface area contributed by atoms with Crippen LogP contribution in [-0.4, -0.2) is 17.3 Å². The van der Waals surface area contributed by atoms with Crippen LogP contribution in [0.15, 0.2) is 16.6 Å². The number of methoxy groups -OCH3 is 1. The smallest absolute Gasteiger partial charge is 0.280 e. The molecule has 1 aromatic heterocycles. The van der Waals surface area contributed by atoms with E-state index in [4.69, 9.17) is 4.74 Å². The molecule has 0 unspecified atom stereocenters. The molecule has 2 rings (SSSR count). The Morgan fingerprint density at radius 3 is 2.80 bits per heavy atom.